The maximum absolute atomic E-state index is 12.9. The molecule has 1 fully saturated rings. The number of nitrogens with one attached hydrogen (secondary N) is 2. The van der Waals surface area contributed by atoms with Crippen LogP contribution >= 0.6 is 58.0 Å². The molecule has 0 saturated heterocycles. The molecule has 0 heterocycles. The van der Waals surface area contributed by atoms with Crippen LogP contribution in [0.25, 0.3) is 0 Å². The number of amides is 2. The highest BCUT2D eigenvalue weighted by atomic mass is 35.5. The van der Waals surface area contributed by atoms with Crippen LogP contribution in [0.15, 0.2) is 36.4 Å². The zero-order valence-corrected chi connectivity index (χ0v) is 20.1. The van der Waals surface area contributed by atoms with E-state index in [9.17, 15) is 9.59 Å². The van der Waals surface area contributed by atoms with Crippen molar-refractivity contribution in [1.29, 1.82) is 0 Å². The number of halogens is 5. The lowest BCUT2D eigenvalue weighted by molar-refractivity contribution is -0.117. The van der Waals surface area contributed by atoms with E-state index in [0.29, 0.717) is 41.1 Å². The molecule has 0 unspecified atom stereocenters. The van der Waals surface area contributed by atoms with Crippen molar-refractivity contribution in [2.45, 2.75) is 17.2 Å². The maximum atomic E-state index is 12.9. The van der Waals surface area contributed by atoms with Gasteiger partial charge in [-0.05, 0) is 48.9 Å². The van der Waals surface area contributed by atoms with Gasteiger partial charge in [-0.25, -0.2) is 0 Å². The molecular weight excluding hydrogens is 506 g/mol. The van der Waals surface area contributed by atoms with Gasteiger partial charge in [0.15, 0.2) is 0 Å². The number of benzene rings is 2. The number of rotatable bonds is 8. The van der Waals surface area contributed by atoms with Crippen molar-refractivity contribution in [2.24, 2.45) is 5.92 Å². The Kier molecular flexibility index (Phi) is 8.00. The molecule has 31 heavy (non-hydrogen) atoms. The minimum absolute atomic E-state index is 0.230. The van der Waals surface area contributed by atoms with Crippen LogP contribution < -0.4 is 10.6 Å². The summed E-state index contributed by atoms with van der Waals surface area (Å²) in [4.78, 5) is 25.2. The SMILES string of the molecule is CCOCCNC(=O)c1cc(NC(=O)[C@@H]2[C@@H](c3cc(Cl)cc(Cl)c3)C2(Cl)Cl)ccc1Cl. The summed E-state index contributed by atoms with van der Waals surface area (Å²) in [5, 5.41) is 6.58. The van der Waals surface area contributed by atoms with Crippen molar-refractivity contribution < 1.29 is 14.3 Å². The summed E-state index contributed by atoms with van der Waals surface area (Å²) in [6.07, 6.45) is 0. The molecule has 2 amide bonds. The molecule has 1 aliphatic carbocycles. The van der Waals surface area contributed by atoms with Crippen molar-refractivity contribution in [1.82, 2.24) is 5.32 Å². The number of ether oxygens (including phenoxy) is 1. The number of carbonyl (C=O) groups excluding carboxylic acids is 2. The minimum atomic E-state index is -1.30. The second-order valence-corrected chi connectivity index (χ2v) is 9.69. The molecule has 0 aliphatic heterocycles. The van der Waals surface area contributed by atoms with Gasteiger partial charge in [0.25, 0.3) is 5.91 Å². The number of hydrogen-bond donors (Lipinski definition) is 2. The maximum Gasteiger partial charge on any atom is 0.252 e. The van der Waals surface area contributed by atoms with Crippen LogP contribution in [0.1, 0.15) is 28.8 Å². The molecule has 5 nitrogen and oxygen atoms in total. The topological polar surface area (TPSA) is 67.4 Å². The summed E-state index contributed by atoms with van der Waals surface area (Å²) in [7, 11) is 0. The largest absolute Gasteiger partial charge is 0.380 e. The lowest BCUT2D eigenvalue weighted by Crippen LogP contribution is -2.27. The fourth-order valence-corrected chi connectivity index (χ4v) is 4.87. The zero-order valence-electron chi connectivity index (χ0n) is 16.4. The predicted molar refractivity (Wildman–Crippen MR) is 126 cm³/mol. The molecule has 1 saturated carbocycles. The highest BCUT2D eigenvalue weighted by molar-refractivity contribution is 6.53. The van der Waals surface area contributed by atoms with Gasteiger partial charge in [-0.15, -0.1) is 23.2 Å². The second-order valence-electron chi connectivity index (χ2n) is 6.97. The Bertz CT molecular complexity index is 979. The first kappa shape index (κ1) is 24.4. The average molecular weight is 525 g/mol. The first-order valence-corrected chi connectivity index (χ1v) is 11.3. The monoisotopic (exact) mass is 522 g/mol. The molecule has 1 aliphatic rings. The van der Waals surface area contributed by atoms with Gasteiger partial charge in [-0.1, -0.05) is 34.8 Å². The fourth-order valence-electron chi connectivity index (χ4n) is 3.30. The van der Waals surface area contributed by atoms with Crippen LogP contribution in [0.2, 0.25) is 15.1 Å². The molecule has 2 aromatic rings. The van der Waals surface area contributed by atoms with Gasteiger partial charge >= 0.3 is 0 Å². The Balaban J connectivity index is 1.71. The van der Waals surface area contributed by atoms with Crippen molar-refractivity contribution in [3.8, 4) is 0 Å². The quantitative estimate of drug-likeness (QED) is 0.332. The predicted octanol–water partition coefficient (Wildman–Crippen LogP) is 5.94. The molecule has 0 bridgehead atoms. The highest BCUT2D eigenvalue weighted by Crippen LogP contribution is 2.65. The van der Waals surface area contributed by atoms with Crippen LogP contribution in [0.4, 0.5) is 5.69 Å². The Morgan fingerprint density at radius 2 is 1.74 bits per heavy atom. The summed E-state index contributed by atoms with van der Waals surface area (Å²) in [5.41, 5.74) is 1.30. The van der Waals surface area contributed by atoms with Gasteiger partial charge in [0, 0.05) is 34.8 Å². The van der Waals surface area contributed by atoms with Gasteiger partial charge in [-0.2, -0.15) is 0 Å². The highest BCUT2D eigenvalue weighted by Gasteiger charge is 2.67. The van der Waals surface area contributed by atoms with Crippen LogP contribution in [0, 0.1) is 5.92 Å². The molecule has 0 radical (unpaired) electrons. The Morgan fingerprint density at radius 1 is 1.06 bits per heavy atom. The zero-order chi connectivity index (χ0) is 22.8. The van der Waals surface area contributed by atoms with Crippen LogP contribution in [-0.2, 0) is 9.53 Å². The number of anilines is 1. The smallest absolute Gasteiger partial charge is 0.252 e. The van der Waals surface area contributed by atoms with E-state index in [1.165, 1.54) is 12.1 Å². The molecule has 2 N–H and O–H groups in total. The average Bonchev–Trinajstić information content (AvgIpc) is 3.28. The standard InChI is InChI=1S/C21H19Cl5N2O3/c1-2-31-6-5-27-19(29)15-10-14(3-4-16(15)24)28-20(30)18-17(21(18,25)26)11-7-12(22)9-13(23)8-11/h3-4,7-10,17-18H,2,5-6H2,1H3,(H,27,29)(H,28,30)/t17-,18+/m1/s1. The lowest BCUT2D eigenvalue weighted by atomic mass is 10.1. The van der Waals surface area contributed by atoms with Gasteiger partial charge in [0.05, 0.1) is 23.1 Å². The molecule has 166 valence electrons. The lowest BCUT2D eigenvalue weighted by Gasteiger charge is -2.10. The van der Waals surface area contributed by atoms with E-state index in [-0.39, 0.29) is 16.5 Å². The van der Waals surface area contributed by atoms with Crippen LogP contribution in [0.5, 0.6) is 0 Å². The van der Waals surface area contributed by atoms with Gasteiger partial charge < -0.3 is 15.4 Å². The number of hydrogen-bond acceptors (Lipinski definition) is 3. The van der Waals surface area contributed by atoms with E-state index in [4.69, 9.17) is 62.7 Å². The first-order chi connectivity index (χ1) is 14.6. The first-order valence-electron chi connectivity index (χ1n) is 9.45. The third kappa shape index (κ3) is 5.78. The van der Waals surface area contributed by atoms with Crippen molar-refractivity contribution in [3.63, 3.8) is 0 Å². The van der Waals surface area contributed by atoms with Gasteiger partial charge in [-0.3, -0.25) is 9.59 Å². The molecule has 2 atom stereocenters. The van der Waals surface area contributed by atoms with Gasteiger partial charge in [0.2, 0.25) is 5.91 Å². The van der Waals surface area contributed by atoms with Crippen molar-refractivity contribution in [2.75, 3.05) is 25.1 Å². The second kappa shape index (κ2) is 10.2. The fraction of sp³-hybridized carbons (Fsp3) is 0.333. The molecule has 0 spiro atoms. The van der Waals surface area contributed by atoms with E-state index < -0.39 is 22.1 Å². The Hall–Kier alpha value is -1.21. The molecule has 2 aromatic carbocycles. The number of alkyl halides is 2. The van der Waals surface area contributed by atoms with E-state index in [1.807, 2.05) is 6.92 Å². The normalized spacial score (nSPS) is 19.0. The molecule has 3 rings (SSSR count). The van der Waals surface area contributed by atoms with Gasteiger partial charge in [0.1, 0.15) is 4.33 Å². The van der Waals surface area contributed by atoms with Crippen molar-refractivity contribution >= 4 is 75.5 Å². The van der Waals surface area contributed by atoms with E-state index in [2.05, 4.69) is 10.6 Å². The van der Waals surface area contributed by atoms with E-state index in [0.717, 1.165) is 0 Å². The molecule has 0 aromatic heterocycles. The summed E-state index contributed by atoms with van der Waals surface area (Å²) in [6, 6.07) is 9.56. The Labute approximate surface area is 205 Å². The van der Waals surface area contributed by atoms with Crippen LogP contribution in [0.3, 0.4) is 0 Å². The summed E-state index contributed by atoms with van der Waals surface area (Å²) < 4.78 is 3.89. The number of carbonyl (C=O) groups is 2. The van der Waals surface area contributed by atoms with Crippen molar-refractivity contribution in [3.05, 3.63) is 62.6 Å². The summed E-state index contributed by atoms with van der Waals surface area (Å²) >= 11 is 31.0. The van der Waals surface area contributed by atoms with E-state index >= 15 is 0 Å². The minimum Gasteiger partial charge on any atom is -0.380 e. The molecular formula is C21H19Cl5N2O3. The third-order valence-electron chi connectivity index (χ3n) is 4.79. The van der Waals surface area contributed by atoms with Crippen LogP contribution in [-0.4, -0.2) is 35.9 Å². The van der Waals surface area contributed by atoms with E-state index in [1.54, 1.807) is 24.3 Å². The summed E-state index contributed by atoms with van der Waals surface area (Å²) in [5.74, 6) is -1.95. The summed E-state index contributed by atoms with van der Waals surface area (Å²) in [6.45, 7) is 3.16. The molecule has 10 heteroatoms. The Morgan fingerprint density at radius 3 is 2.39 bits per heavy atom. The third-order valence-corrected chi connectivity index (χ3v) is 6.50.